The van der Waals surface area contributed by atoms with Crippen LogP contribution in [0.4, 0.5) is 4.39 Å². The van der Waals surface area contributed by atoms with E-state index in [1.165, 1.54) is 22.8 Å². The summed E-state index contributed by atoms with van der Waals surface area (Å²) in [5, 5.41) is 0. The second kappa shape index (κ2) is 5.90. The minimum absolute atomic E-state index is 0.197. The van der Waals surface area contributed by atoms with Crippen LogP contribution >= 0.6 is 0 Å². The van der Waals surface area contributed by atoms with Crippen molar-refractivity contribution in [3.63, 3.8) is 0 Å². The maximum atomic E-state index is 13.6. The van der Waals surface area contributed by atoms with E-state index in [1.54, 1.807) is 6.07 Å². The second-order valence-electron chi connectivity index (χ2n) is 5.80. The number of nitrogens with two attached hydrogens (primary N) is 1. The summed E-state index contributed by atoms with van der Waals surface area (Å²) in [5.41, 5.74) is 13.8. The molecule has 0 aliphatic heterocycles. The molecule has 112 valence electrons. The molecule has 2 N–H and O–H groups in total. The van der Waals surface area contributed by atoms with E-state index >= 15 is 0 Å². The van der Waals surface area contributed by atoms with Crippen LogP contribution in [-0.2, 0) is 0 Å². The predicted octanol–water partition coefficient (Wildman–Crippen LogP) is 4.81. The van der Waals surface area contributed by atoms with Crippen molar-refractivity contribution in [3.05, 3.63) is 76.1 Å². The molecule has 1 aliphatic carbocycles. The van der Waals surface area contributed by atoms with Crippen LogP contribution in [0, 0.1) is 12.7 Å². The van der Waals surface area contributed by atoms with Gasteiger partial charge in [0.25, 0.3) is 0 Å². The van der Waals surface area contributed by atoms with Crippen molar-refractivity contribution in [2.75, 3.05) is 6.54 Å². The van der Waals surface area contributed by atoms with Gasteiger partial charge < -0.3 is 5.73 Å². The third-order valence-electron chi connectivity index (χ3n) is 4.24. The molecule has 0 spiro atoms. The molecule has 1 nitrogen and oxygen atoms in total. The lowest BCUT2D eigenvalue weighted by atomic mass is 10.00. The van der Waals surface area contributed by atoms with Gasteiger partial charge in [-0.3, -0.25) is 0 Å². The van der Waals surface area contributed by atoms with Gasteiger partial charge in [0, 0.05) is 0 Å². The van der Waals surface area contributed by atoms with E-state index in [0.717, 1.165) is 28.7 Å². The van der Waals surface area contributed by atoms with Gasteiger partial charge in [-0.25, -0.2) is 4.39 Å². The van der Waals surface area contributed by atoms with Crippen LogP contribution in [0.15, 0.2) is 48.0 Å². The van der Waals surface area contributed by atoms with Gasteiger partial charge in [-0.15, -0.1) is 0 Å². The van der Waals surface area contributed by atoms with Gasteiger partial charge in [0.05, 0.1) is 0 Å². The Labute approximate surface area is 131 Å². The first-order chi connectivity index (χ1) is 10.6. The molecule has 0 radical (unpaired) electrons. The lowest BCUT2D eigenvalue weighted by Gasteiger charge is -2.05. The molecule has 0 saturated carbocycles. The third-order valence-corrected chi connectivity index (χ3v) is 4.24. The van der Waals surface area contributed by atoms with Gasteiger partial charge in [0.1, 0.15) is 5.82 Å². The minimum atomic E-state index is -0.197. The zero-order valence-electron chi connectivity index (χ0n) is 13.0. The Balaban J connectivity index is 2.14. The molecule has 3 rings (SSSR count). The molecule has 2 heteroatoms. The van der Waals surface area contributed by atoms with E-state index in [2.05, 4.69) is 44.2 Å². The van der Waals surface area contributed by atoms with Crippen LogP contribution in [0.1, 0.15) is 35.6 Å². The number of allylic oxidation sites excluding steroid dienone is 2. The van der Waals surface area contributed by atoms with E-state index in [0.29, 0.717) is 6.54 Å². The summed E-state index contributed by atoms with van der Waals surface area (Å²) in [6, 6.07) is 13.5. The number of hydrogen-bond acceptors (Lipinski definition) is 1. The molecule has 0 saturated heterocycles. The smallest absolute Gasteiger partial charge is 0.123 e. The fourth-order valence-electron chi connectivity index (χ4n) is 3.05. The summed E-state index contributed by atoms with van der Waals surface area (Å²) >= 11 is 0. The largest absolute Gasteiger partial charge is 0.330 e. The molecule has 0 unspecified atom stereocenters. The summed E-state index contributed by atoms with van der Waals surface area (Å²) in [5.74, 6) is -0.197. The molecular weight excluding hydrogens is 273 g/mol. The Morgan fingerprint density at radius 3 is 2.41 bits per heavy atom. The van der Waals surface area contributed by atoms with Crippen LogP contribution in [0.3, 0.4) is 0 Å². The molecule has 0 bridgehead atoms. The predicted molar refractivity (Wildman–Crippen MR) is 91.7 cm³/mol. The van der Waals surface area contributed by atoms with Crippen LogP contribution in [-0.4, -0.2) is 6.54 Å². The van der Waals surface area contributed by atoms with Crippen molar-refractivity contribution in [2.45, 2.75) is 20.3 Å². The Morgan fingerprint density at radius 1 is 1.00 bits per heavy atom. The van der Waals surface area contributed by atoms with Gasteiger partial charge >= 0.3 is 0 Å². The van der Waals surface area contributed by atoms with Crippen molar-refractivity contribution < 1.29 is 4.39 Å². The molecular formula is C20H20FN. The zero-order valence-corrected chi connectivity index (χ0v) is 13.0. The average molecular weight is 293 g/mol. The highest BCUT2D eigenvalue weighted by Gasteiger charge is 2.23. The van der Waals surface area contributed by atoms with Crippen molar-refractivity contribution in [3.8, 4) is 0 Å². The van der Waals surface area contributed by atoms with Crippen molar-refractivity contribution in [1.29, 1.82) is 0 Å². The molecule has 0 amide bonds. The van der Waals surface area contributed by atoms with E-state index in [1.807, 2.05) is 6.07 Å². The first-order valence-electron chi connectivity index (χ1n) is 7.59. The van der Waals surface area contributed by atoms with Gasteiger partial charge in [-0.05, 0) is 78.4 Å². The summed E-state index contributed by atoms with van der Waals surface area (Å²) in [6.45, 7) is 4.75. The first-order valence-corrected chi connectivity index (χ1v) is 7.59. The van der Waals surface area contributed by atoms with Gasteiger partial charge in [0.2, 0.25) is 0 Å². The van der Waals surface area contributed by atoms with Crippen molar-refractivity contribution >= 4 is 17.2 Å². The SMILES string of the molecule is CC1=C(CCN)c2cc(F)ccc2/C1=C\c1ccc(C)cc1. The van der Waals surface area contributed by atoms with E-state index in [4.69, 9.17) is 5.73 Å². The molecule has 0 fully saturated rings. The number of benzene rings is 2. The minimum Gasteiger partial charge on any atom is -0.330 e. The Morgan fingerprint density at radius 2 is 1.73 bits per heavy atom. The maximum Gasteiger partial charge on any atom is 0.123 e. The Hall–Kier alpha value is -2.19. The topological polar surface area (TPSA) is 26.0 Å². The fraction of sp³-hybridized carbons (Fsp3) is 0.200. The monoisotopic (exact) mass is 293 g/mol. The fourth-order valence-corrected chi connectivity index (χ4v) is 3.05. The highest BCUT2D eigenvalue weighted by atomic mass is 19.1. The zero-order chi connectivity index (χ0) is 15.7. The Kier molecular flexibility index (Phi) is 3.95. The molecule has 0 atom stereocenters. The van der Waals surface area contributed by atoms with Crippen LogP contribution in [0.2, 0.25) is 0 Å². The van der Waals surface area contributed by atoms with Gasteiger partial charge in [0.15, 0.2) is 0 Å². The Bertz CT molecular complexity index is 767. The standard InChI is InChI=1S/C20H20FN/c1-13-3-5-15(6-4-13)11-19-14(2)17(9-10-22)20-12-16(21)7-8-18(19)20/h3-8,11-12H,9-10,22H2,1-2H3/b19-11-. The molecule has 22 heavy (non-hydrogen) atoms. The quantitative estimate of drug-likeness (QED) is 0.863. The molecule has 1 aliphatic rings. The number of rotatable bonds is 3. The van der Waals surface area contributed by atoms with Crippen LogP contribution in [0.25, 0.3) is 17.2 Å². The molecule has 2 aromatic rings. The number of aryl methyl sites for hydroxylation is 1. The van der Waals surface area contributed by atoms with Crippen LogP contribution in [0.5, 0.6) is 0 Å². The average Bonchev–Trinajstić information content (AvgIpc) is 2.75. The van der Waals surface area contributed by atoms with Gasteiger partial charge in [-0.1, -0.05) is 35.9 Å². The molecule has 0 aromatic heterocycles. The molecule has 2 aromatic carbocycles. The number of halogens is 1. The lowest BCUT2D eigenvalue weighted by molar-refractivity contribution is 0.627. The highest BCUT2D eigenvalue weighted by Crippen LogP contribution is 2.43. The van der Waals surface area contributed by atoms with E-state index < -0.39 is 0 Å². The third kappa shape index (κ3) is 2.62. The summed E-state index contributed by atoms with van der Waals surface area (Å²) in [7, 11) is 0. The number of hydrogen-bond donors (Lipinski definition) is 1. The first kappa shape index (κ1) is 14.7. The normalized spacial score (nSPS) is 15.5. The maximum absolute atomic E-state index is 13.6. The summed E-state index contributed by atoms with van der Waals surface area (Å²) in [4.78, 5) is 0. The molecule has 0 heterocycles. The van der Waals surface area contributed by atoms with E-state index in [-0.39, 0.29) is 5.82 Å². The van der Waals surface area contributed by atoms with Gasteiger partial charge in [-0.2, -0.15) is 0 Å². The van der Waals surface area contributed by atoms with E-state index in [9.17, 15) is 4.39 Å². The highest BCUT2D eigenvalue weighted by molar-refractivity contribution is 6.05. The van der Waals surface area contributed by atoms with Crippen LogP contribution < -0.4 is 5.73 Å². The number of fused-ring (bicyclic) bond motifs is 1. The van der Waals surface area contributed by atoms with Crippen molar-refractivity contribution in [1.82, 2.24) is 0 Å². The summed E-state index contributed by atoms with van der Waals surface area (Å²) < 4.78 is 13.6. The second-order valence-corrected chi connectivity index (χ2v) is 5.80. The summed E-state index contributed by atoms with van der Waals surface area (Å²) in [6.07, 6.45) is 2.95. The van der Waals surface area contributed by atoms with Crippen molar-refractivity contribution in [2.24, 2.45) is 5.73 Å². The lowest BCUT2D eigenvalue weighted by Crippen LogP contribution is -2.00.